The Balaban J connectivity index is 2.18. The number of hydrogen-bond acceptors (Lipinski definition) is 1. The lowest BCUT2D eigenvalue weighted by atomic mass is 10.1. The van der Waals surface area contributed by atoms with Gasteiger partial charge in [-0.25, -0.2) is 0 Å². The van der Waals surface area contributed by atoms with Crippen LogP contribution in [0, 0.1) is 12.8 Å². The summed E-state index contributed by atoms with van der Waals surface area (Å²) < 4.78 is 0. The normalized spacial score (nSPS) is 11.1. The Bertz CT molecular complexity index is 334. The van der Waals surface area contributed by atoms with Crippen LogP contribution < -0.4 is 5.32 Å². The van der Waals surface area contributed by atoms with E-state index in [4.69, 9.17) is 11.6 Å². The van der Waals surface area contributed by atoms with Gasteiger partial charge >= 0.3 is 0 Å². The third-order valence-corrected chi connectivity index (χ3v) is 3.16. The molecule has 1 rings (SSSR count). The Morgan fingerprint density at radius 1 is 1.24 bits per heavy atom. The Morgan fingerprint density at radius 3 is 2.65 bits per heavy atom. The van der Waals surface area contributed by atoms with Crippen molar-refractivity contribution in [1.82, 2.24) is 5.32 Å². The summed E-state index contributed by atoms with van der Waals surface area (Å²) in [4.78, 5) is 0. The molecule has 0 saturated heterocycles. The van der Waals surface area contributed by atoms with Crippen molar-refractivity contribution >= 4 is 11.6 Å². The molecule has 0 fully saturated rings. The lowest BCUT2D eigenvalue weighted by Gasteiger charge is -2.08. The molecule has 0 atom stereocenters. The molecule has 0 heterocycles. The summed E-state index contributed by atoms with van der Waals surface area (Å²) in [6.45, 7) is 8.77. The number of unbranched alkanes of at least 4 members (excludes halogenated alkanes) is 1. The van der Waals surface area contributed by atoms with Gasteiger partial charge in [-0.15, -0.1) is 0 Å². The zero-order chi connectivity index (χ0) is 12.7. The van der Waals surface area contributed by atoms with Crippen LogP contribution in [-0.2, 0) is 6.42 Å². The monoisotopic (exact) mass is 253 g/mol. The van der Waals surface area contributed by atoms with Crippen LogP contribution in [0.2, 0.25) is 5.02 Å². The largest absolute Gasteiger partial charge is 0.316 e. The van der Waals surface area contributed by atoms with Gasteiger partial charge in [-0.05, 0) is 62.4 Å². The molecule has 1 aromatic carbocycles. The van der Waals surface area contributed by atoms with E-state index in [1.807, 2.05) is 6.07 Å². The number of halogens is 1. The smallest absolute Gasteiger partial charge is 0.0440 e. The standard InChI is InChI=1S/C15H24ClN/c1-12(2)11-17-9-5-4-6-14-8-7-13(3)10-15(14)16/h7-8,10,12,17H,4-6,9,11H2,1-3H3. The highest BCUT2D eigenvalue weighted by Gasteiger charge is 2.00. The van der Waals surface area contributed by atoms with Gasteiger partial charge in [0.15, 0.2) is 0 Å². The predicted molar refractivity (Wildman–Crippen MR) is 76.8 cm³/mol. The van der Waals surface area contributed by atoms with E-state index in [0.717, 1.165) is 30.5 Å². The first-order valence-corrected chi connectivity index (χ1v) is 6.93. The van der Waals surface area contributed by atoms with Crippen molar-refractivity contribution in [1.29, 1.82) is 0 Å². The summed E-state index contributed by atoms with van der Waals surface area (Å²) in [6, 6.07) is 6.34. The number of hydrogen-bond donors (Lipinski definition) is 1. The van der Waals surface area contributed by atoms with E-state index in [9.17, 15) is 0 Å². The van der Waals surface area contributed by atoms with Crippen molar-refractivity contribution in [3.63, 3.8) is 0 Å². The SMILES string of the molecule is Cc1ccc(CCCCNCC(C)C)c(Cl)c1. The zero-order valence-corrected chi connectivity index (χ0v) is 12.0. The van der Waals surface area contributed by atoms with Crippen molar-refractivity contribution in [3.05, 3.63) is 34.3 Å². The summed E-state index contributed by atoms with van der Waals surface area (Å²) in [5, 5.41) is 4.38. The lowest BCUT2D eigenvalue weighted by Crippen LogP contribution is -2.20. The van der Waals surface area contributed by atoms with E-state index in [-0.39, 0.29) is 0 Å². The van der Waals surface area contributed by atoms with Gasteiger partial charge < -0.3 is 5.32 Å². The molecule has 17 heavy (non-hydrogen) atoms. The van der Waals surface area contributed by atoms with Crippen molar-refractivity contribution in [2.45, 2.75) is 40.0 Å². The first-order chi connectivity index (χ1) is 8.09. The maximum Gasteiger partial charge on any atom is 0.0440 e. The van der Waals surface area contributed by atoms with E-state index in [1.165, 1.54) is 24.0 Å². The highest BCUT2D eigenvalue weighted by atomic mass is 35.5. The molecule has 2 heteroatoms. The molecule has 0 spiro atoms. The highest BCUT2D eigenvalue weighted by molar-refractivity contribution is 6.31. The molecule has 0 aliphatic rings. The van der Waals surface area contributed by atoms with Crippen LogP contribution >= 0.6 is 11.6 Å². The molecule has 0 aliphatic heterocycles. The molecule has 1 aromatic rings. The summed E-state index contributed by atoms with van der Waals surface area (Å²) in [6.07, 6.45) is 3.51. The molecular weight excluding hydrogens is 230 g/mol. The minimum atomic E-state index is 0.738. The summed E-state index contributed by atoms with van der Waals surface area (Å²) >= 11 is 6.20. The lowest BCUT2D eigenvalue weighted by molar-refractivity contribution is 0.535. The molecule has 0 aliphatic carbocycles. The van der Waals surface area contributed by atoms with Crippen molar-refractivity contribution in [3.8, 4) is 0 Å². The van der Waals surface area contributed by atoms with Crippen molar-refractivity contribution in [2.24, 2.45) is 5.92 Å². The fourth-order valence-corrected chi connectivity index (χ4v) is 2.14. The van der Waals surface area contributed by atoms with Gasteiger partial charge in [0.2, 0.25) is 0 Å². The van der Waals surface area contributed by atoms with Gasteiger partial charge in [-0.3, -0.25) is 0 Å². The molecule has 0 unspecified atom stereocenters. The highest BCUT2D eigenvalue weighted by Crippen LogP contribution is 2.19. The third-order valence-electron chi connectivity index (χ3n) is 2.81. The number of benzene rings is 1. The fourth-order valence-electron chi connectivity index (χ4n) is 1.81. The minimum Gasteiger partial charge on any atom is -0.316 e. The summed E-state index contributed by atoms with van der Waals surface area (Å²) in [5.74, 6) is 0.738. The Labute approximate surface area is 111 Å². The van der Waals surface area contributed by atoms with Crippen LogP contribution in [0.25, 0.3) is 0 Å². The first-order valence-electron chi connectivity index (χ1n) is 6.55. The van der Waals surface area contributed by atoms with Gasteiger partial charge in [0.1, 0.15) is 0 Å². The van der Waals surface area contributed by atoms with Crippen LogP contribution in [-0.4, -0.2) is 13.1 Å². The van der Waals surface area contributed by atoms with Gasteiger partial charge in [-0.2, -0.15) is 0 Å². The molecule has 0 saturated carbocycles. The van der Waals surface area contributed by atoms with Gasteiger partial charge in [0.25, 0.3) is 0 Å². The molecule has 0 bridgehead atoms. The number of rotatable bonds is 7. The van der Waals surface area contributed by atoms with E-state index in [0.29, 0.717) is 0 Å². The van der Waals surface area contributed by atoms with Gasteiger partial charge in [-0.1, -0.05) is 37.6 Å². The molecule has 1 N–H and O–H groups in total. The zero-order valence-electron chi connectivity index (χ0n) is 11.2. The van der Waals surface area contributed by atoms with Crippen LogP contribution in [0.5, 0.6) is 0 Å². The number of aryl methyl sites for hydroxylation is 2. The quantitative estimate of drug-likeness (QED) is 0.718. The van der Waals surface area contributed by atoms with E-state index >= 15 is 0 Å². The Kier molecular flexibility index (Phi) is 6.61. The second-order valence-corrected chi connectivity index (χ2v) is 5.56. The van der Waals surface area contributed by atoms with Crippen molar-refractivity contribution < 1.29 is 0 Å². The van der Waals surface area contributed by atoms with E-state index in [1.54, 1.807) is 0 Å². The third kappa shape index (κ3) is 6.09. The first kappa shape index (κ1) is 14.5. The molecule has 0 radical (unpaired) electrons. The Morgan fingerprint density at radius 2 is 2.00 bits per heavy atom. The topological polar surface area (TPSA) is 12.0 Å². The summed E-state index contributed by atoms with van der Waals surface area (Å²) in [7, 11) is 0. The van der Waals surface area contributed by atoms with Crippen molar-refractivity contribution in [2.75, 3.05) is 13.1 Å². The average molecular weight is 254 g/mol. The van der Waals surface area contributed by atoms with E-state index in [2.05, 4.69) is 38.2 Å². The molecule has 0 aromatic heterocycles. The number of nitrogens with one attached hydrogen (secondary N) is 1. The predicted octanol–water partition coefficient (Wildman–Crippen LogP) is 4.22. The van der Waals surface area contributed by atoms with Crippen LogP contribution in [0.1, 0.15) is 37.8 Å². The molecule has 0 amide bonds. The molecule has 96 valence electrons. The van der Waals surface area contributed by atoms with Crippen LogP contribution in [0.15, 0.2) is 18.2 Å². The fraction of sp³-hybridized carbons (Fsp3) is 0.600. The minimum absolute atomic E-state index is 0.738. The van der Waals surface area contributed by atoms with Crippen LogP contribution in [0.3, 0.4) is 0 Å². The average Bonchev–Trinajstić information content (AvgIpc) is 2.25. The van der Waals surface area contributed by atoms with Crippen LogP contribution in [0.4, 0.5) is 0 Å². The van der Waals surface area contributed by atoms with Gasteiger partial charge in [0.05, 0.1) is 0 Å². The Hall–Kier alpha value is -0.530. The maximum absolute atomic E-state index is 6.20. The maximum atomic E-state index is 6.20. The molecule has 1 nitrogen and oxygen atoms in total. The van der Waals surface area contributed by atoms with E-state index < -0.39 is 0 Å². The van der Waals surface area contributed by atoms with Gasteiger partial charge in [0, 0.05) is 5.02 Å². The second kappa shape index (κ2) is 7.73. The second-order valence-electron chi connectivity index (χ2n) is 5.15. The summed E-state index contributed by atoms with van der Waals surface area (Å²) in [5.41, 5.74) is 2.51. The molecular formula is C15H24ClN.